The first-order valence-corrected chi connectivity index (χ1v) is 15.8. The number of sulfonamides is 1. The molecule has 14 nitrogen and oxygen atoms in total. The molecule has 0 aromatic heterocycles. The first-order chi connectivity index (χ1) is 20.7. The number of fused-ring (bicyclic) bond motifs is 1. The Hall–Kier alpha value is -3.92. The number of carbonyl (C=O) groups excluding carboxylic acids is 3. The van der Waals surface area contributed by atoms with Gasteiger partial charge < -0.3 is 15.3 Å². The molecule has 2 aromatic rings. The van der Waals surface area contributed by atoms with Gasteiger partial charge in [-0.2, -0.15) is 9.37 Å². The molecule has 15 heteroatoms. The summed E-state index contributed by atoms with van der Waals surface area (Å²) in [5, 5.41) is 25.0. The first kappa shape index (κ1) is 34.6. The molecule has 0 bridgehead atoms. The van der Waals surface area contributed by atoms with Crippen LogP contribution in [0.1, 0.15) is 67.2 Å². The molecule has 0 atom stereocenters. The molecule has 0 spiro atoms. The molecule has 3 rings (SSSR count). The number of rotatable bonds is 16. The zero-order chi connectivity index (χ0) is 32.5. The molecule has 1 aliphatic heterocycles. The molecule has 0 aliphatic carbocycles. The van der Waals surface area contributed by atoms with E-state index in [9.17, 15) is 38.1 Å². The van der Waals surface area contributed by atoms with Crippen LogP contribution in [-0.2, 0) is 14.8 Å². The van der Waals surface area contributed by atoms with Crippen molar-refractivity contribution in [1.82, 2.24) is 19.6 Å². The van der Waals surface area contributed by atoms with E-state index in [0.29, 0.717) is 30.4 Å². The summed E-state index contributed by atoms with van der Waals surface area (Å²) in [5.41, 5.74) is -0.169. The van der Waals surface area contributed by atoms with Crippen LogP contribution in [0.2, 0.25) is 0 Å². The molecule has 2 N–H and O–H groups in total. The lowest BCUT2D eigenvalue weighted by Crippen LogP contribution is -2.36. The van der Waals surface area contributed by atoms with E-state index >= 15 is 0 Å². The molecule has 0 radical (unpaired) electrons. The standard InChI is InChI=1S/C29H39N5O9S/c1-29(2,3)43-28(37)30-16-6-7-19-32(44(41,42)23-14-12-22(13-15-23)34(39)40)20-8-17-31(38)18-9-21-33-26(35)24-10-4-5-11-25(24)27(33)36/h4-5,10-15,38H,6-9,16-21H2,1-3H3,(H,30,37). The van der Waals surface area contributed by atoms with Crippen LogP contribution >= 0.6 is 0 Å². The number of nitro benzene ring substituents is 1. The number of nitrogens with one attached hydrogen (secondary N) is 1. The fraction of sp³-hybridized carbons (Fsp3) is 0.483. The lowest BCUT2D eigenvalue weighted by molar-refractivity contribution is -0.384. The van der Waals surface area contributed by atoms with Crippen LogP contribution < -0.4 is 5.32 Å². The third-order valence-electron chi connectivity index (χ3n) is 6.69. The normalized spacial score (nSPS) is 13.5. The second kappa shape index (κ2) is 15.2. The van der Waals surface area contributed by atoms with E-state index < -0.39 is 26.6 Å². The summed E-state index contributed by atoms with van der Waals surface area (Å²) in [7, 11) is -4.02. The Kier molecular flexibility index (Phi) is 11.9. The number of benzene rings is 2. The summed E-state index contributed by atoms with van der Waals surface area (Å²) in [6.07, 6.45) is 0.878. The van der Waals surface area contributed by atoms with Gasteiger partial charge in [0, 0.05) is 51.4 Å². The Balaban J connectivity index is 1.52. The molecule has 0 saturated heterocycles. The number of hydrogen-bond acceptors (Lipinski definition) is 10. The van der Waals surface area contributed by atoms with Gasteiger partial charge in [0.1, 0.15) is 5.60 Å². The van der Waals surface area contributed by atoms with Crippen molar-refractivity contribution in [2.24, 2.45) is 0 Å². The highest BCUT2D eigenvalue weighted by atomic mass is 32.2. The highest BCUT2D eigenvalue weighted by molar-refractivity contribution is 7.89. The number of alkyl carbamates (subject to hydrolysis) is 1. The monoisotopic (exact) mass is 633 g/mol. The van der Waals surface area contributed by atoms with Gasteiger partial charge in [-0.25, -0.2) is 13.2 Å². The second-order valence-electron chi connectivity index (χ2n) is 11.3. The number of nitro groups is 1. The number of amides is 3. The van der Waals surface area contributed by atoms with Crippen molar-refractivity contribution in [1.29, 1.82) is 0 Å². The van der Waals surface area contributed by atoms with E-state index in [1.807, 2.05) is 0 Å². The lowest BCUT2D eigenvalue weighted by Gasteiger charge is -2.24. The topological polar surface area (TPSA) is 180 Å². The van der Waals surface area contributed by atoms with Crippen molar-refractivity contribution in [2.45, 2.75) is 57.0 Å². The van der Waals surface area contributed by atoms with Crippen LogP contribution in [-0.4, -0.2) is 95.6 Å². The van der Waals surface area contributed by atoms with Crippen molar-refractivity contribution >= 4 is 33.6 Å². The molecule has 0 fully saturated rings. The molecule has 240 valence electrons. The first-order valence-electron chi connectivity index (χ1n) is 14.3. The molecule has 0 unspecified atom stereocenters. The summed E-state index contributed by atoms with van der Waals surface area (Å²) >= 11 is 0. The summed E-state index contributed by atoms with van der Waals surface area (Å²) in [5.74, 6) is -0.744. The summed E-state index contributed by atoms with van der Waals surface area (Å²) in [6.45, 7) is 6.07. The molecule has 3 amide bonds. The number of nitrogens with zero attached hydrogens (tertiary/aromatic N) is 4. The van der Waals surface area contributed by atoms with E-state index in [2.05, 4.69) is 5.32 Å². The predicted molar refractivity (Wildman–Crippen MR) is 160 cm³/mol. The third-order valence-corrected chi connectivity index (χ3v) is 8.60. The van der Waals surface area contributed by atoms with Gasteiger partial charge >= 0.3 is 6.09 Å². The number of hydroxylamine groups is 2. The van der Waals surface area contributed by atoms with Crippen molar-refractivity contribution in [2.75, 3.05) is 39.3 Å². The minimum absolute atomic E-state index is 0.0499. The number of imide groups is 1. The summed E-state index contributed by atoms with van der Waals surface area (Å²) in [6, 6.07) is 11.2. The Bertz CT molecular complexity index is 1410. The van der Waals surface area contributed by atoms with E-state index in [0.717, 1.165) is 22.1 Å². The largest absolute Gasteiger partial charge is 0.444 e. The molecule has 0 saturated carbocycles. The van der Waals surface area contributed by atoms with Gasteiger partial charge in [-0.1, -0.05) is 12.1 Å². The SMILES string of the molecule is CC(C)(C)OC(=O)NCCCCN(CCCN(O)CCCN1C(=O)c2ccccc2C1=O)S(=O)(=O)c1ccc([N+](=O)[O-])cc1. The molecular formula is C29H39N5O9S. The number of ether oxygens (including phenoxy) is 1. The maximum Gasteiger partial charge on any atom is 0.407 e. The summed E-state index contributed by atoms with van der Waals surface area (Å²) < 4.78 is 33.3. The number of carbonyl (C=O) groups is 3. The quantitative estimate of drug-likeness (QED) is 0.120. The highest BCUT2D eigenvalue weighted by Gasteiger charge is 2.34. The van der Waals surface area contributed by atoms with E-state index in [-0.39, 0.29) is 68.1 Å². The molecular weight excluding hydrogens is 594 g/mol. The van der Waals surface area contributed by atoms with Gasteiger partial charge in [0.15, 0.2) is 0 Å². The van der Waals surface area contributed by atoms with Crippen LogP contribution in [0, 0.1) is 10.1 Å². The second-order valence-corrected chi connectivity index (χ2v) is 13.2. The zero-order valence-corrected chi connectivity index (χ0v) is 25.9. The van der Waals surface area contributed by atoms with Crippen LogP contribution in [0.25, 0.3) is 0 Å². The maximum absolute atomic E-state index is 13.4. The van der Waals surface area contributed by atoms with Gasteiger partial charge in [-0.15, -0.1) is 0 Å². The number of unbranched alkanes of at least 4 members (excludes halogenated alkanes) is 1. The highest BCUT2D eigenvalue weighted by Crippen LogP contribution is 2.23. The van der Waals surface area contributed by atoms with Crippen LogP contribution in [0.15, 0.2) is 53.4 Å². The molecule has 2 aromatic carbocycles. The summed E-state index contributed by atoms with van der Waals surface area (Å²) in [4.78, 5) is 48.3. The van der Waals surface area contributed by atoms with E-state index in [1.165, 1.54) is 16.4 Å². The van der Waals surface area contributed by atoms with Gasteiger partial charge in [-0.3, -0.25) is 24.6 Å². The number of non-ortho nitro benzene ring substituents is 1. The van der Waals surface area contributed by atoms with Gasteiger partial charge in [-0.05, 0) is 70.7 Å². The minimum Gasteiger partial charge on any atom is -0.444 e. The van der Waals surface area contributed by atoms with Crippen LogP contribution in [0.3, 0.4) is 0 Å². The Morgan fingerprint density at radius 3 is 2.07 bits per heavy atom. The van der Waals surface area contributed by atoms with Crippen molar-refractivity contribution < 1.29 is 37.7 Å². The lowest BCUT2D eigenvalue weighted by atomic mass is 10.1. The van der Waals surface area contributed by atoms with Crippen molar-refractivity contribution in [3.63, 3.8) is 0 Å². The Morgan fingerprint density at radius 2 is 1.50 bits per heavy atom. The van der Waals surface area contributed by atoms with E-state index in [1.54, 1.807) is 45.0 Å². The Labute approximate surface area is 256 Å². The molecule has 44 heavy (non-hydrogen) atoms. The average molecular weight is 634 g/mol. The van der Waals surface area contributed by atoms with Crippen LogP contribution in [0.5, 0.6) is 0 Å². The van der Waals surface area contributed by atoms with Crippen molar-refractivity contribution in [3.8, 4) is 0 Å². The fourth-order valence-corrected chi connectivity index (χ4v) is 6.07. The Morgan fingerprint density at radius 1 is 0.932 bits per heavy atom. The predicted octanol–water partition coefficient (Wildman–Crippen LogP) is 3.66. The zero-order valence-electron chi connectivity index (χ0n) is 25.1. The van der Waals surface area contributed by atoms with Gasteiger partial charge in [0.2, 0.25) is 10.0 Å². The van der Waals surface area contributed by atoms with Crippen LogP contribution in [0.4, 0.5) is 10.5 Å². The molecule has 1 aliphatic rings. The van der Waals surface area contributed by atoms with Gasteiger partial charge in [0.25, 0.3) is 17.5 Å². The van der Waals surface area contributed by atoms with Crippen molar-refractivity contribution in [3.05, 3.63) is 69.8 Å². The van der Waals surface area contributed by atoms with Gasteiger partial charge in [0.05, 0.1) is 20.9 Å². The van der Waals surface area contributed by atoms with E-state index in [4.69, 9.17) is 4.74 Å². The maximum atomic E-state index is 13.4. The fourth-order valence-electron chi connectivity index (χ4n) is 4.55. The minimum atomic E-state index is -4.02. The average Bonchev–Trinajstić information content (AvgIpc) is 3.20. The third kappa shape index (κ3) is 9.54. The smallest absolute Gasteiger partial charge is 0.407 e. The number of hydrogen-bond donors (Lipinski definition) is 2. The molecule has 1 heterocycles.